The summed E-state index contributed by atoms with van der Waals surface area (Å²) in [5.41, 5.74) is 0. The second-order valence-corrected chi connectivity index (χ2v) is 5.37. The maximum absolute atomic E-state index is 10.7. The molecule has 1 aliphatic heterocycles. The third-order valence-electron chi connectivity index (χ3n) is 1.48. The third-order valence-corrected chi connectivity index (χ3v) is 1.48. The van der Waals surface area contributed by atoms with Crippen molar-refractivity contribution in [2.75, 3.05) is 33.8 Å². The van der Waals surface area contributed by atoms with Crippen molar-refractivity contribution in [2.45, 2.75) is 13.7 Å². The summed E-state index contributed by atoms with van der Waals surface area (Å²) in [7, 11) is -6.61. The predicted octanol–water partition coefficient (Wildman–Crippen LogP) is 3.62. The molecule has 1 saturated heterocycles. The summed E-state index contributed by atoms with van der Waals surface area (Å²) < 4.78 is 64.6. The number of nitrogens with zero attached hydrogens (tertiary/aromatic N) is 1. The van der Waals surface area contributed by atoms with Crippen molar-refractivity contribution in [1.29, 1.82) is 0 Å². The zero-order chi connectivity index (χ0) is 13.1. The minimum absolute atomic E-state index is 0. The Morgan fingerprint density at radius 1 is 1.18 bits per heavy atom. The van der Waals surface area contributed by atoms with Gasteiger partial charge in [-0.15, -0.1) is 0 Å². The van der Waals surface area contributed by atoms with Gasteiger partial charge in [-0.05, 0) is 14.1 Å². The third kappa shape index (κ3) is 21.7. The van der Waals surface area contributed by atoms with E-state index in [1.54, 1.807) is 0 Å². The minimum Gasteiger partial charge on any atom is 1.00 e. The molecule has 1 atom stereocenters. The number of ether oxygens (including phenoxy) is 1. The van der Waals surface area contributed by atoms with E-state index in [9.17, 15) is 25.2 Å². The van der Waals surface area contributed by atoms with Crippen LogP contribution in [0.3, 0.4) is 0 Å². The van der Waals surface area contributed by atoms with Crippen molar-refractivity contribution < 1.29 is 31.3 Å². The summed E-state index contributed by atoms with van der Waals surface area (Å²) >= 11 is 0. The number of halogens is 6. The second kappa shape index (κ2) is 5.26. The van der Waals surface area contributed by atoms with Gasteiger partial charge in [0.2, 0.25) is 0 Å². The Hall–Kier alpha value is -0.110. The average Bonchev–Trinajstić information content (AvgIpc) is 2.00. The van der Waals surface area contributed by atoms with Gasteiger partial charge in [0, 0.05) is 13.1 Å². The van der Waals surface area contributed by atoms with E-state index < -0.39 is 7.81 Å². The Labute approximate surface area is 97.8 Å². The molecule has 0 aromatic heterocycles. The molecule has 0 aromatic rings. The molecule has 0 bridgehead atoms. The maximum atomic E-state index is 9.87. The van der Waals surface area contributed by atoms with Gasteiger partial charge in [0.1, 0.15) is 6.23 Å². The molecule has 1 fully saturated rings. The molecule has 0 aliphatic carbocycles. The van der Waals surface area contributed by atoms with E-state index in [-0.39, 0.29) is 15.1 Å². The zero-order valence-electron chi connectivity index (χ0n) is 9.77. The van der Waals surface area contributed by atoms with E-state index >= 15 is 0 Å². The van der Waals surface area contributed by atoms with Gasteiger partial charge < -0.3 is 10.1 Å². The van der Waals surface area contributed by atoms with Crippen molar-refractivity contribution in [3.05, 3.63) is 0 Å². The normalized spacial score (nSPS) is 24.9. The minimum atomic E-state index is -10.7. The SMILES string of the molecule is C.CN(C)C1CNCCO1.F[P-](F)(F)(F)(F)F.[H+]. The van der Waals surface area contributed by atoms with Gasteiger partial charge in [-0.25, -0.2) is 0 Å². The van der Waals surface area contributed by atoms with Crippen LogP contribution < -0.4 is 5.32 Å². The predicted molar refractivity (Wildman–Crippen MR) is 57.7 cm³/mol. The number of rotatable bonds is 1. The molecule has 0 radical (unpaired) electrons. The Kier molecular flexibility index (Phi) is 5.95. The van der Waals surface area contributed by atoms with Crippen LogP contribution in [0, 0.1) is 0 Å². The molecule has 3 nitrogen and oxygen atoms in total. The van der Waals surface area contributed by atoms with Gasteiger partial charge in [-0.1, -0.05) is 7.43 Å². The van der Waals surface area contributed by atoms with Crippen LogP contribution in [0.25, 0.3) is 0 Å². The molecule has 1 unspecified atom stereocenters. The fraction of sp³-hybridized carbons (Fsp3) is 1.00. The van der Waals surface area contributed by atoms with Crippen LogP contribution in [0.5, 0.6) is 0 Å². The Bertz CT molecular complexity index is 216. The van der Waals surface area contributed by atoms with Gasteiger partial charge in [0.25, 0.3) is 0 Å². The van der Waals surface area contributed by atoms with E-state index in [1.807, 2.05) is 14.1 Å². The molecule has 1 heterocycles. The molecule has 1 rings (SSSR count). The number of hydrogen-bond acceptors (Lipinski definition) is 3. The van der Waals surface area contributed by atoms with Crippen molar-refractivity contribution in [3.63, 3.8) is 0 Å². The summed E-state index contributed by atoms with van der Waals surface area (Å²) in [6.45, 7) is 2.78. The van der Waals surface area contributed by atoms with Gasteiger partial charge >= 0.3 is 34.4 Å². The Morgan fingerprint density at radius 3 is 1.76 bits per heavy atom. The van der Waals surface area contributed by atoms with Crippen LogP contribution in [0.4, 0.5) is 25.2 Å². The molecular formula is C7H19F6N2OP. The maximum Gasteiger partial charge on any atom is 1.00 e. The van der Waals surface area contributed by atoms with Gasteiger partial charge in [0.05, 0.1) is 6.61 Å². The van der Waals surface area contributed by atoms with Gasteiger partial charge in [0.15, 0.2) is 0 Å². The van der Waals surface area contributed by atoms with E-state index in [4.69, 9.17) is 4.74 Å². The quantitative estimate of drug-likeness (QED) is 0.590. The van der Waals surface area contributed by atoms with E-state index in [0.29, 0.717) is 0 Å². The molecule has 110 valence electrons. The molecule has 0 saturated carbocycles. The van der Waals surface area contributed by atoms with Gasteiger partial charge in [-0.3, -0.25) is 4.90 Å². The molecular weight excluding hydrogens is 273 g/mol. The monoisotopic (exact) mass is 292 g/mol. The van der Waals surface area contributed by atoms with Gasteiger partial charge in [-0.2, -0.15) is 0 Å². The first-order valence-corrected chi connectivity index (χ1v) is 6.33. The number of nitrogens with one attached hydrogen (secondary N) is 1. The van der Waals surface area contributed by atoms with Crippen LogP contribution in [0.1, 0.15) is 8.85 Å². The van der Waals surface area contributed by atoms with Crippen LogP contribution in [0.15, 0.2) is 0 Å². The number of morpholine rings is 1. The zero-order valence-corrected chi connectivity index (χ0v) is 9.66. The first-order valence-electron chi connectivity index (χ1n) is 4.31. The molecule has 0 amide bonds. The summed E-state index contributed by atoms with van der Waals surface area (Å²) in [5, 5.41) is 3.25. The Balaban J connectivity index is -0.000000232. The molecule has 0 aromatic carbocycles. The summed E-state index contributed by atoms with van der Waals surface area (Å²) in [5.74, 6) is 0. The van der Waals surface area contributed by atoms with Crippen molar-refractivity contribution in [3.8, 4) is 0 Å². The smallest absolute Gasteiger partial charge is 1.00 e. The molecule has 1 N–H and O–H groups in total. The summed E-state index contributed by atoms with van der Waals surface area (Å²) in [6, 6.07) is 0. The summed E-state index contributed by atoms with van der Waals surface area (Å²) in [6.07, 6.45) is 0.277. The van der Waals surface area contributed by atoms with E-state index in [1.165, 1.54) is 0 Å². The van der Waals surface area contributed by atoms with Crippen LogP contribution in [-0.2, 0) is 4.74 Å². The van der Waals surface area contributed by atoms with Crippen molar-refractivity contribution >= 4 is 7.81 Å². The van der Waals surface area contributed by atoms with Crippen LogP contribution in [-0.4, -0.2) is 44.9 Å². The summed E-state index contributed by atoms with van der Waals surface area (Å²) in [4.78, 5) is 2.08. The molecule has 10 heteroatoms. The van der Waals surface area contributed by atoms with Crippen molar-refractivity contribution in [2.24, 2.45) is 0 Å². The van der Waals surface area contributed by atoms with E-state index in [2.05, 4.69) is 10.2 Å². The molecule has 1 aliphatic rings. The first-order chi connectivity index (χ1) is 6.75. The van der Waals surface area contributed by atoms with Crippen molar-refractivity contribution in [1.82, 2.24) is 10.2 Å². The Morgan fingerprint density at radius 2 is 1.59 bits per heavy atom. The van der Waals surface area contributed by atoms with E-state index in [0.717, 1.165) is 19.7 Å². The number of hydrogen-bond donors (Lipinski definition) is 1. The number of likely N-dealkylation sites (N-methyl/N-ethyl adjacent to an activating group) is 1. The fourth-order valence-corrected chi connectivity index (χ4v) is 0.883. The fourth-order valence-electron chi connectivity index (χ4n) is 0.883. The molecule has 17 heavy (non-hydrogen) atoms. The molecule has 0 spiro atoms. The van der Waals surface area contributed by atoms with Crippen LogP contribution in [0.2, 0.25) is 0 Å². The topological polar surface area (TPSA) is 24.5 Å². The standard InChI is InChI=1S/C6H14N2O.CH4.F6P/c1-8(2)6-5-7-3-4-9-6;;1-7(2,3,4,5)6/h6-7H,3-5H2,1-2H3;1H4;/q;;-1/p+1. The second-order valence-electron chi connectivity index (χ2n) is 3.45. The largest absolute Gasteiger partial charge is 1.00 e. The first kappa shape index (κ1) is 19.2. The van der Waals surface area contributed by atoms with Crippen LogP contribution >= 0.6 is 7.81 Å². The average molecular weight is 292 g/mol.